The van der Waals surface area contributed by atoms with E-state index in [1.165, 1.54) is 0 Å². The lowest BCUT2D eigenvalue weighted by Crippen LogP contribution is -2.31. The van der Waals surface area contributed by atoms with E-state index in [0.29, 0.717) is 30.1 Å². The highest BCUT2D eigenvalue weighted by Gasteiger charge is 2.20. The number of amides is 2. The number of rotatable bonds is 7. The van der Waals surface area contributed by atoms with Crippen molar-refractivity contribution in [3.63, 3.8) is 0 Å². The first-order valence-corrected chi connectivity index (χ1v) is 10.8. The van der Waals surface area contributed by atoms with Gasteiger partial charge in [-0.1, -0.05) is 23.7 Å². The Bertz CT molecular complexity index is 1040. The first-order valence-electron chi connectivity index (χ1n) is 10.4. The van der Waals surface area contributed by atoms with E-state index in [1.807, 2.05) is 33.7 Å². The van der Waals surface area contributed by atoms with Crippen LogP contribution in [0.5, 0.6) is 0 Å². The largest absolute Gasteiger partial charge is 0.352 e. The van der Waals surface area contributed by atoms with E-state index in [4.69, 9.17) is 16.6 Å². The van der Waals surface area contributed by atoms with Crippen LogP contribution in [0.1, 0.15) is 35.4 Å². The van der Waals surface area contributed by atoms with Crippen molar-refractivity contribution in [1.82, 2.24) is 19.8 Å². The Balaban J connectivity index is 1.40. The molecule has 3 aromatic rings. The predicted octanol–water partition coefficient (Wildman–Crippen LogP) is 3.67. The average Bonchev–Trinajstić information content (AvgIpc) is 3.40. The number of nitrogens with zero attached hydrogens (tertiary/aromatic N) is 3. The number of para-hydroxylation sites is 2. The molecule has 0 bridgehead atoms. The van der Waals surface area contributed by atoms with Gasteiger partial charge in [-0.25, -0.2) is 4.98 Å². The number of aryl methyl sites for hydroxylation is 1. The van der Waals surface area contributed by atoms with E-state index in [1.54, 1.807) is 24.3 Å². The third-order valence-corrected chi connectivity index (χ3v) is 5.71. The van der Waals surface area contributed by atoms with Gasteiger partial charge in [-0.05, 0) is 55.7 Å². The molecular weight excluding hydrogens is 400 g/mol. The summed E-state index contributed by atoms with van der Waals surface area (Å²) in [4.78, 5) is 31.6. The Kier molecular flexibility index (Phi) is 6.33. The van der Waals surface area contributed by atoms with Crippen molar-refractivity contribution in [2.24, 2.45) is 0 Å². The summed E-state index contributed by atoms with van der Waals surface area (Å²) in [5.41, 5.74) is 2.46. The molecule has 0 saturated carbocycles. The van der Waals surface area contributed by atoms with E-state index in [0.717, 1.165) is 49.2 Å². The van der Waals surface area contributed by atoms with Gasteiger partial charge in [0.05, 0.1) is 11.0 Å². The van der Waals surface area contributed by atoms with Crippen LogP contribution in [0.2, 0.25) is 5.02 Å². The molecule has 1 aromatic heterocycles. The zero-order chi connectivity index (χ0) is 20.9. The third kappa shape index (κ3) is 4.65. The number of halogens is 1. The second kappa shape index (κ2) is 9.30. The van der Waals surface area contributed by atoms with Gasteiger partial charge in [0, 0.05) is 36.6 Å². The summed E-state index contributed by atoms with van der Waals surface area (Å²) < 4.78 is 2.02. The number of hydrogen-bond acceptors (Lipinski definition) is 3. The van der Waals surface area contributed by atoms with Crippen molar-refractivity contribution in [2.75, 3.05) is 19.6 Å². The number of nitrogens with one attached hydrogen (secondary N) is 1. The quantitative estimate of drug-likeness (QED) is 0.588. The summed E-state index contributed by atoms with van der Waals surface area (Å²) in [5.74, 6) is 0.904. The zero-order valence-corrected chi connectivity index (χ0v) is 17.6. The number of aromatic nitrogens is 2. The van der Waals surface area contributed by atoms with Crippen LogP contribution in [-0.2, 0) is 17.8 Å². The van der Waals surface area contributed by atoms with Crippen LogP contribution >= 0.6 is 11.6 Å². The van der Waals surface area contributed by atoms with Crippen LogP contribution in [0.25, 0.3) is 11.0 Å². The molecule has 1 N–H and O–H groups in total. The fraction of sp³-hybridized carbons (Fsp3) is 0.348. The minimum absolute atomic E-state index is 0.121. The van der Waals surface area contributed by atoms with Gasteiger partial charge in [0.1, 0.15) is 12.4 Å². The van der Waals surface area contributed by atoms with E-state index in [2.05, 4.69) is 5.32 Å². The fourth-order valence-corrected chi connectivity index (χ4v) is 3.97. The van der Waals surface area contributed by atoms with Crippen LogP contribution in [0.3, 0.4) is 0 Å². The molecule has 1 aliphatic heterocycles. The highest BCUT2D eigenvalue weighted by atomic mass is 35.5. The van der Waals surface area contributed by atoms with Crippen LogP contribution in [0.4, 0.5) is 0 Å². The summed E-state index contributed by atoms with van der Waals surface area (Å²) in [6, 6.07) is 14.7. The summed E-state index contributed by atoms with van der Waals surface area (Å²) in [6.45, 7) is 2.53. The first-order chi connectivity index (χ1) is 14.6. The Morgan fingerprint density at radius 3 is 2.53 bits per heavy atom. The van der Waals surface area contributed by atoms with Crippen molar-refractivity contribution in [1.29, 1.82) is 0 Å². The van der Waals surface area contributed by atoms with Gasteiger partial charge in [0.2, 0.25) is 5.91 Å². The molecule has 7 heteroatoms. The Morgan fingerprint density at radius 2 is 1.77 bits per heavy atom. The highest BCUT2D eigenvalue weighted by Crippen LogP contribution is 2.18. The van der Waals surface area contributed by atoms with E-state index in [9.17, 15) is 9.59 Å². The monoisotopic (exact) mass is 424 g/mol. The lowest BCUT2D eigenvalue weighted by molar-refractivity contribution is -0.130. The molecule has 2 amide bonds. The normalized spacial score (nSPS) is 13.7. The maximum atomic E-state index is 12.7. The SMILES string of the molecule is O=C(NCCCc1nc2ccccc2n1CC(=O)N1CCCC1)c1ccc(Cl)cc1. The Hall–Kier alpha value is -2.86. The molecule has 156 valence electrons. The molecule has 4 rings (SSSR count). The smallest absolute Gasteiger partial charge is 0.251 e. The average molecular weight is 425 g/mol. The maximum absolute atomic E-state index is 12.7. The second-order valence-electron chi connectivity index (χ2n) is 7.56. The van der Waals surface area contributed by atoms with Crippen molar-refractivity contribution in [3.05, 3.63) is 64.9 Å². The summed E-state index contributed by atoms with van der Waals surface area (Å²) in [5, 5.41) is 3.54. The van der Waals surface area contributed by atoms with Gasteiger partial charge >= 0.3 is 0 Å². The van der Waals surface area contributed by atoms with Crippen LogP contribution < -0.4 is 5.32 Å². The molecule has 0 spiro atoms. The van der Waals surface area contributed by atoms with Crippen molar-refractivity contribution in [3.8, 4) is 0 Å². The van der Waals surface area contributed by atoms with Crippen molar-refractivity contribution in [2.45, 2.75) is 32.2 Å². The van der Waals surface area contributed by atoms with E-state index < -0.39 is 0 Å². The number of fused-ring (bicyclic) bond motifs is 1. The fourth-order valence-electron chi connectivity index (χ4n) is 3.85. The van der Waals surface area contributed by atoms with E-state index in [-0.39, 0.29) is 11.8 Å². The number of carbonyl (C=O) groups excluding carboxylic acids is 2. The molecule has 0 atom stereocenters. The molecule has 30 heavy (non-hydrogen) atoms. The predicted molar refractivity (Wildman–Crippen MR) is 118 cm³/mol. The van der Waals surface area contributed by atoms with Gasteiger partial charge in [-0.15, -0.1) is 0 Å². The molecule has 1 aliphatic rings. The van der Waals surface area contributed by atoms with E-state index >= 15 is 0 Å². The van der Waals surface area contributed by atoms with Crippen molar-refractivity contribution >= 4 is 34.4 Å². The van der Waals surface area contributed by atoms with Crippen molar-refractivity contribution < 1.29 is 9.59 Å². The molecule has 2 aromatic carbocycles. The number of carbonyl (C=O) groups is 2. The topological polar surface area (TPSA) is 67.2 Å². The summed E-state index contributed by atoms with van der Waals surface area (Å²) in [7, 11) is 0. The molecule has 0 aliphatic carbocycles. The van der Waals surface area contributed by atoms with Gasteiger partial charge < -0.3 is 14.8 Å². The Labute approximate surface area is 180 Å². The minimum atomic E-state index is -0.121. The molecule has 0 radical (unpaired) electrons. The van der Waals surface area contributed by atoms with Crippen LogP contribution in [0, 0.1) is 0 Å². The number of imidazole rings is 1. The second-order valence-corrected chi connectivity index (χ2v) is 7.99. The first kappa shape index (κ1) is 20.4. The van der Waals surface area contributed by atoms with Crippen LogP contribution in [0.15, 0.2) is 48.5 Å². The maximum Gasteiger partial charge on any atom is 0.251 e. The van der Waals surface area contributed by atoms with Gasteiger partial charge in [-0.3, -0.25) is 9.59 Å². The standard InChI is InChI=1S/C23H25ClN4O2/c24-18-11-9-17(10-12-18)23(30)25-13-5-8-21-26-19-6-1-2-7-20(19)28(21)16-22(29)27-14-3-4-15-27/h1-2,6-7,9-12H,3-5,8,13-16H2,(H,25,30). The number of likely N-dealkylation sites (tertiary alicyclic amines) is 1. The third-order valence-electron chi connectivity index (χ3n) is 5.45. The summed E-state index contributed by atoms with van der Waals surface area (Å²) in [6.07, 6.45) is 3.58. The van der Waals surface area contributed by atoms with Gasteiger partial charge in [-0.2, -0.15) is 0 Å². The Morgan fingerprint density at radius 1 is 1.03 bits per heavy atom. The zero-order valence-electron chi connectivity index (χ0n) is 16.8. The molecule has 1 saturated heterocycles. The molecule has 6 nitrogen and oxygen atoms in total. The van der Waals surface area contributed by atoms with Gasteiger partial charge in [0.15, 0.2) is 0 Å². The number of benzene rings is 2. The molecule has 0 unspecified atom stereocenters. The molecule has 1 fully saturated rings. The van der Waals surface area contributed by atoms with Crippen LogP contribution in [-0.4, -0.2) is 45.9 Å². The summed E-state index contributed by atoms with van der Waals surface area (Å²) >= 11 is 5.87. The lowest BCUT2D eigenvalue weighted by Gasteiger charge is -2.17. The minimum Gasteiger partial charge on any atom is -0.352 e. The molecule has 2 heterocycles. The number of hydrogen-bond donors (Lipinski definition) is 1. The van der Waals surface area contributed by atoms with Gasteiger partial charge in [0.25, 0.3) is 5.91 Å². The highest BCUT2D eigenvalue weighted by molar-refractivity contribution is 6.30. The molecular formula is C23H25ClN4O2. The lowest BCUT2D eigenvalue weighted by atomic mass is 10.2.